The number of allylic oxidation sites excluding steroid dienone is 2. The molecule has 3 saturated carbocycles. The highest BCUT2D eigenvalue weighted by Crippen LogP contribution is 2.69. The quantitative estimate of drug-likeness (QED) is 0.738. The number of nitrogens with zero attached hydrogens (tertiary/aromatic N) is 3. The fourth-order valence-electron chi connectivity index (χ4n) is 7.29. The zero-order valence-electron chi connectivity index (χ0n) is 15.3. The predicted octanol–water partition coefficient (Wildman–Crippen LogP) is 2.89. The number of rotatable bonds is 1. The van der Waals surface area contributed by atoms with E-state index in [1.54, 1.807) is 4.57 Å². The van der Waals surface area contributed by atoms with Crippen molar-refractivity contribution in [2.75, 3.05) is 0 Å². The minimum atomic E-state index is -0.0516. The molecule has 134 valence electrons. The molecular weight excluding hydrogens is 314 g/mol. The molecule has 0 aromatic carbocycles. The average Bonchev–Trinajstić information content (AvgIpc) is 3.00. The Hall–Kier alpha value is -1.52. The van der Waals surface area contributed by atoms with Gasteiger partial charge in [0.05, 0.1) is 12.1 Å². The molecule has 1 aromatic rings. The highest BCUT2D eigenvalue weighted by atomic mass is 16.2. The molecule has 7 rings (SSSR count). The molecule has 0 spiro atoms. The van der Waals surface area contributed by atoms with Crippen LogP contribution in [0.1, 0.15) is 71.0 Å². The van der Waals surface area contributed by atoms with Gasteiger partial charge < -0.3 is 0 Å². The second-order valence-electron chi connectivity index (χ2n) is 10.0. The van der Waals surface area contributed by atoms with Gasteiger partial charge in [-0.3, -0.25) is 0 Å². The van der Waals surface area contributed by atoms with E-state index in [9.17, 15) is 9.59 Å². The van der Waals surface area contributed by atoms with E-state index in [1.165, 1.54) is 19.3 Å². The molecule has 0 amide bonds. The van der Waals surface area contributed by atoms with Gasteiger partial charge in [0.1, 0.15) is 0 Å². The lowest BCUT2D eigenvalue weighted by Gasteiger charge is -2.52. The van der Waals surface area contributed by atoms with E-state index >= 15 is 0 Å². The summed E-state index contributed by atoms with van der Waals surface area (Å²) in [5.41, 5.74) is 0.144. The Morgan fingerprint density at radius 1 is 0.920 bits per heavy atom. The minimum Gasteiger partial charge on any atom is -0.246 e. The smallest absolute Gasteiger partial charge is 0.246 e. The van der Waals surface area contributed by atoms with Crippen molar-refractivity contribution in [3.8, 4) is 0 Å². The van der Waals surface area contributed by atoms with Crippen LogP contribution in [0.5, 0.6) is 0 Å². The Morgan fingerprint density at radius 2 is 1.48 bits per heavy atom. The van der Waals surface area contributed by atoms with Crippen LogP contribution in [0.4, 0.5) is 0 Å². The summed E-state index contributed by atoms with van der Waals surface area (Å²) in [5.74, 6) is 1.76. The van der Waals surface area contributed by atoms with E-state index in [0.29, 0.717) is 17.8 Å². The summed E-state index contributed by atoms with van der Waals surface area (Å²) in [6.45, 7) is 7.00. The van der Waals surface area contributed by atoms with Crippen LogP contribution >= 0.6 is 0 Å². The molecule has 0 saturated heterocycles. The summed E-state index contributed by atoms with van der Waals surface area (Å²) in [4.78, 5) is 26.8. The molecule has 4 aliphatic carbocycles. The topological polar surface area (TPSA) is 48.9 Å². The molecule has 1 aromatic heterocycles. The first-order valence-corrected chi connectivity index (χ1v) is 10.00. The Labute approximate surface area is 147 Å². The van der Waals surface area contributed by atoms with Crippen LogP contribution < -0.4 is 11.4 Å². The van der Waals surface area contributed by atoms with E-state index in [4.69, 9.17) is 0 Å². The normalized spacial score (nSPS) is 47.6. The van der Waals surface area contributed by atoms with Crippen molar-refractivity contribution in [3.05, 3.63) is 33.1 Å². The van der Waals surface area contributed by atoms with Crippen LogP contribution in [-0.4, -0.2) is 13.9 Å². The standard InChI is InChI=1S/C20H27N3O2/c1-19(2)11-8-9-20(19,3)16(10-11)21-17(24)22-14-6-7-15(23(22)18(21)25)13-5-4-12(13)14/h6-7,11-16H,4-5,8-10H2,1-3H3/t11-,12-,13+,14-,15-,16-,20-/m0/s1. The molecule has 25 heavy (non-hydrogen) atoms. The van der Waals surface area contributed by atoms with E-state index in [-0.39, 0.29) is 40.3 Å². The number of hydrogen-bond donors (Lipinski definition) is 0. The first-order valence-electron chi connectivity index (χ1n) is 10.00. The van der Waals surface area contributed by atoms with Gasteiger partial charge in [0.2, 0.25) is 0 Å². The summed E-state index contributed by atoms with van der Waals surface area (Å²) in [6, 6.07) is 0.262. The fourth-order valence-corrected chi connectivity index (χ4v) is 7.29. The highest BCUT2D eigenvalue weighted by molar-refractivity contribution is 5.19. The average molecular weight is 341 g/mol. The maximum absolute atomic E-state index is 13.4. The van der Waals surface area contributed by atoms with Gasteiger partial charge in [-0.05, 0) is 60.7 Å². The van der Waals surface area contributed by atoms with Gasteiger partial charge in [0, 0.05) is 6.04 Å². The van der Waals surface area contributed by atoms with E-state index < -0.39 is 0 Å². The molecule has 2 aliphatic heterocycles. The largest absolute Gasteiger partial charge is 0.348 e. The summed E-state index contributed by atoms with van der Waals surface area (Å²) in [7, 11) is 0. The van der Waals surface area contributed by atoms with Crippen molar-refractivity contribution in [3.63, 3.8) is 0 Å². The SMILES string of the molecule is CC1(C)[C@H]2CC[C@@]1(C)[C@@H](n1c(=O)n3n(c1=O)[C@H]1C=C[C@H]3[C@@H]3CC[C@@H]31)C2. The predicted molar refractivity (Wildman–Crippen MR) is 94.6 cm³/mol. The lowest BCUT2D eigenvalue weighted by Crippen LogP contribution is -2.52. The second kappa shape index (κ2) is 4.07. The Kier molecular flexibility index (Phi) is 2.38. The van der Waals surface area contributed by atoms with Gasteiger partial charge in [0.15, 0.2) is 0 Å². The molecule has 7 atom stereocenters. The van der Waals surface area contributed by atoms with Crippen LogP contribution in [0.25, 0.3) is 0 Å². The van der Waals surface area contributed by atoms with Crippen molar-refractivity contribution in [1.82, 2.24) is 13.9 Å². The van der Waals surface area contributed by atoms with Gasteiger partial charge >= 0.3 is 11.4 Å². The molecule has 0 unspecified atom stereocenters. The summed E-state index contributed by atoms with van der Waals surface area (Å²) in [6.07, 6.45) is 10.1. The maximum Gasteiger partial charge on any atom is 0.348 e. The van der Waals surface area contributed by atoms with Crippen LogP contribution in [0.2, 0.25) is 0 Å². The monoisotopic (exact) mass is 341 g/mol. The molecular formula is C20H27N3O2. The zero-order chi connectivity index (χ0) is 17.3. The lowest BCUT2D eigenvalue weighted by atomic mass is 9.62. The highest BCUT2D eigenvalue weighted by Gasteiger charge is 2.63. The van der Waals surface area contributed by atoms with Gasteiger partial charge in [0.25, 0.3) is 0 Å². The fraction of sp³-hybridized carbons (Fsp3) is 0.800. The molecule has 6 aliphatic rings. The second-order valence-corrected chi connectivity index (χ2v) is 10.0. The zero-order valence-corrected chi connectivity index (χ0v) is 15.3. The Balaban J connectivity index is 1.56. The summed E-state index contributed by atoms with van der Waals surface area (Å²) >= 11 is 0. The summed E-state index contributed by atoms with van der Waals surface area (Å²) in [5, 5.41) is 0. The van der Waals surface area contributed by atoms with Crippen molar-refractivity contribution in [2.24, 2.45) is 28.6 Å². The van der Waals surface area contributed by atoms with Crippen LogP contribution in [0.3, 0.4) is 0 Å². The third kappa shape index (κ3) is 1.35. The lowest BCUT2D eigenvalue weighted by molar-refractivity contribution is 0.0154. The number of hydrogen-bond acceptors (Lipinski definition) is 2. The third-order valence-electron chi connectivity index (χ3n) is 9.43. The van der Waals surface area contributed by atoms with E-state index in [0.717, 1.165) is 12.8 Å². The minimum absolute atomic E-state index is 0.0458. The molecule has 0 radical (unpaired) electrons. The number of aromatic nitrogens is 3. The molecule has 4 bridgehead atoms. The first kappa shape index (κ1) is 14.6. The van der Waals surface area contributed by atoms with E-state index in [1.807, 2.05) is 9.36 Å². The van der Waals surface area contributed by atoms with Crippen LogP contribution in [-0.2, 0) is 0 Å². The van der Waals surface area contributed by atoms with Gasteiger partial charge in [-0.1, -0.05) is 32.9 Å². The van der Waals surface area contributed by atoms with Gasteiger partial charge in [-0.15, -0.1) is 0 Å². The Morgan fingerprint density at radius 3 is 1.88 bits per heavy atom. The molecule has 5 nitrogen and oxygen atoms in total. The van der Waals surface area contributed by atoms with Gasteiger partial charge in [-0.25, -0.2) is 23.5 Å². The molecule has 3 fully saturated rings. The molecule has 3 heterocycles. The molecule has 5 heteroatoms. The van der Waals surface area contributed by atoms with Crippen molar-refractivity contribution < 1.29 is 0 Å². The van der Waals surface area contributed by atoms with Crippen molar-refractivity contribution in [2.45, 2.75) is 71.0 Å². The van der Waals surface area contributed by atoms with Gasteiger partial charge in [-0.2, -0.15) is 0 Å². The third-order valence-corrected chi connectivity index (χ3v) is 9.43. The maximum atomic E-state index is 13.4. The van der Waals surface area contributed by atoms with Crippen molar-refractivity contribution in [1.29, 1.82) is 0 Å². The summed E-state index contributed by atoms with van der Waals surface area (Å²) < 4.78 is 5.30. The molecule has 0 N–H and O–H groups in total. The first-order chi connectivity index (χ1) is 11.9. The van der Waals surface area contributed by atoms with Crippen LogP contribution in [0, 0.1) is 28.6 Å². The van der Waals surface area contributed by atoms with E-state index in [2.05, 4.69) is 32.9 Å². The Bertz CT molecular complexity index is 880. The van der Waals surface area contributed by atoms with Crippen LogP contribution in [0.15, 0.2) is 21.7 Å². The van der Waals surface area contributed by atoms with Crippen molar-refractivity contribution >= 4 is 0 Å². The number of fused-ring (bicyclic) bond motifs is 2.